The molecule has 0 saturated heterocycles. The highest BCUT2D eigenvalue weighted by Gasteiger charge is 2.09. The summed E-state index contributed by atoms with van der Waals surface area (Å²) < 4.78 is 0. The molecule has 1 amide bonds. The van der Waals surface area contributed by atoms with Crippen LogP contribution in [0.15, 0.2) is 30.3 Å². The summed E-state index contributed by atoms with van der Waals surface area (Å²) in [4.78, 5) is 13.3. The van der Waals surface area contributed by atoms with Gasteiger partial charge < -0.3 is 10.0 Å². The molecule has 14 heavy (non-hydrogen) atoms. The number of amides is 1. The van der Waals surface area contributed by atoms with Gasteiger partial charge in [-0.05, 0) is 18.6 Å². The number of hydrogen-bond donors (Lipinski definition) is 1. The number of aliphatic hydroxyl groups is 1. The minimum Gasteiger partial charge on any atom is -0.396 e. The van der Waals surface area contributed by atoms with Gasteiger partial charge in [-0.3, -0.25) is 4.79 Å². The maximum atomic E-state index is 11.7. The van der Waals surface area contributed by atoms with Gasteiger partial charge in [-0.1, -0.05) is 18.2 Å². The van der Waals surface area contributed by atoms with E-state index in [9.17, 15) is 4.79 Å². The molecule has 0 bridgehead atoms. The molecule has 3 nitrogen and oxygen atoms in total. The third-order valence-corrected chi connectivity index (χ3v) is 2.02. The molecule has 0 fully saturated rings. The van der Waals surface area contributed by atoms with Crippen molar-refractivity contribution in [2.45, 2.75) is 6.42 Å². The van der Waals surface area contributed by atoms with Crippen molar-refractivity contribution in [2.75, 3.05) is 20.2 Å². The minimum atomic E-state index is -0.000880. The Morgan fingerprint density at radius 3 is 2.57 bits per heavy atom. The van der Waals surface area contributed by atoms with Crippen molar-refractivity contribution in [3.05, 3.63) is 35.9 Å². The molecule has 0 aliphatic heterocycles. The van der Waals surface area contributed by atoms with Crippen molar-refractivity contribution in [2.24, 2.45) is 0 Å². The first-order chi connectivity index (χ1) is 6.75. The highest BCUT2D eigenvalue weighted by molar-refractivity contribution is 5.93. The maximum Gasteiger partial charge on any atom is 0.253 e. The van der Waals surface area contributed by atoms with E-state index >= 15 is 0 Å². The van der Waals surface area contributed by atoms with Crippen LogP contribution in [0.3, 0.4) is 0 Å². The van der Waals surface area contributed by atoms with E-state index in [2.05, 4.69) is 0 Å². The second kappa shape index (κ2) is 5.40. The van der Waals surface area contributed by atoms with Crippen LogP contribution < -0.4 is 0 Å². The molecule has 1 aromatic carbocycles. The number of carbonyl (C=O) groups excluding carboxylic acids is 1. The minimum absolute atomic E-state index is 0.000880. The highest BCUT2D eigenvalue weighted by atomic mass is 16.3. The van der Waals surface area contributed by atoms with E-state index < -0.39 is 0 Å². The topological polar surface area (TPSA) is 40.5 Å². The fraction of sp³-hybridized carbons (Fsp3) is 0.364. The Hall–Kier alpha value is -1.35. The summed E-state index contributed by atoms with van der Waals surface area (Å²) in [5.41, 5.74) is 0.688. The predicted octanol–water partition coefficient (Wildman–Crippen LogP) is 1.14. The highest BCUT2D eigenvalue weighted by Crippen LogP contribution is 2.02. The van der Waals surface area contributed by atoms with Crippen LogP contribution >= 0.6 is 0 Å². The van der Waals surface area contributed by atoms with Gasteiger partial charge in [-0.15, -0.1) is 0 Å². The first kappa shape index (κ1) is 10.7. The number of rotatable bonds is 4. The zero-order chi connectivity index (χ0) is 10.4. The molecule has 3 heteroatoms. The van der Waals surface area contributed by atoms with Crippen molar-refractivity contribution in [3.63, 3.8) is 0 Å². The molecule has 1 rings (SSSR count). The van der Waals surface area contributed by atoms with E-state index in [1.54, 1.807) is 24.1 Å². The molecule has 1 N–H and O–H groups in total. The molecular formula is C11H15NO2. The van der Waals surface area contributed by atoms with Gasteiger partial charge in [0.15, 0.2) is 0 Å². The van der Waals surface area contributed by atoms with Crippen molar-refractivity contribution in [1.29, 1.82) is 0 Å². The van der Waals surface area contributed by atoms with E-state index in [4.69, 9.17) is 5.11 Å². The summed E-state index contributed by atoms with van der Waals surface area (Å²) in [6.45, 7) is 0.705. The summed E-state index contributed by atoms with van der Waals surface area (Å²) in [5, 5.41) is 8.63. The lowest BCUT2D eigenvalue weighted by Gasteiger charge is -2.16. The van der Waals surface area contributed by atoms with E-state index in [0.717, 1.165) is 0 Å². The molecule has 76 valence electrons. The van der Waals surface area contributed by atoms with E-state index in [0.29, 0.717) is 18.5 Å². The van der Waals surface area contributed by atoms with E-state index in [1.165, 1.54) is 0 Å². The van der Waals surface area contributed by atoms with Crippen LogP contribution in [0.25, 0.3) is 0 Å². The molecule has 0 aromatic heterocycles. The zero-order valence-corrected chi connectivity index (χ0v) is 8.31. The summed E-state index contributed by atoms with van der Waals surface area (Å²) in [5.74, 6) is -0.000880. The van der Waals surface area contributed by atoms with E-state index in [-0.39, 0.29) is 12.5 Å². The van der Waals surface area contributed by atoms with Crippen molar-refractivity contribution >= 4 is 5.91 Å². The fourth-order valence-corrected chi connectivity index (χ4v) is 1.21. The predicted molar refractivity (Wildman–Crippen MR) is 55.1 cm³/mol. The van der Waals surface area contributed by atoms with Crippen LogP contribution in [0.4, 0.5) is 0 Å². The van der Waals surface area contributed by atoms with Crippen LogP contribution in [0.5, 0.6) is 0 Å². The third kappa shape index (κ3) is 2.85. The van der Waals surface area contributed by atoms with Gasteiger partial charge >= 0.3 is 0 Å². The Labute approximate surface area is 84.0 Å². The number of aliphatic hydroxyl groups excluding tert-OH is 1. The Morgan fingerprint density at radius 1 is 1.36 bits per heavy atom. The van der Waals surface area contributed by atoms with E-state index in [1.807, 2.05) is 18.2 Å². The molecule has 1 aromatic rings. The van der Waals surface area contributed by atoms with Crippen LogP contribution in [-0.2, 0) is 0 Å². The molecule has 0 unspecified atom stereocenters. The average Bonchev–Trinajstić information content (AvgIpc) is 2.26. The van der Waals surface area contributed by atoms with Gasteiger partial charge in [0.2, 0.25) is 0 Å². The summed E-state index contributed by atoms with van der Waals surface area (Å²) >= 11 is 0. The van der Waals surface area contributed by atoms with Gasteiger partial charge in [0, 0.05) is 25.8 Å². The van der Waals surface area contributed by atoms with Gasteiger partial charge in [0.1, 0.15) is 0 Å². The largest absolute Gasteiger partial charge is 0.396 e. The van der Waals surface area contributed by atoms with Gasteiger partial charge in [-0.25, -0.2) is 0 Å². The number of nitrogens with zero attached hydrogens (tertiary/aromatic N) is 1. The zero-order valence-electron chi connectivity index (χ0n) is 8.31. The first-order valence-corrected chi connectivity index (χ1v) is 4.67. The third-order valence-electron chi connectivity index (χ3n) is 2.02. The van der Waals surface area contributed by atoms with Crippen LogP contribution in [0.1, 0.15) is 16.8 Å². The number of hydrogen-bond acceptors (Lipinski definition) is 2. The molecule has 0 aliphatic rings. The molecule has 0 atom stereocenters. The Morgan fingerprint density at radius 2 is 2.00 bits per heavy atom. The van der Waals surface area contributed by atoms with Crippen LogP contribution in [0.2, 0.25) is 0 Å². The molecule has 0 radical (unpaired) electrons. The number of benzene rings is 1. The molecule has 0 spiro atoms. The lowest BCUT2D eigenvalue weighted by atomic mass is 10.2. The van der Waals surface area contributed by atoms with Crippen LogP contribution in [0, 0.1) is 0 Å². The molecular weight excluding hydrogens is 178 g/mol. The van der Waals surface area contributed by atoms with Gasteiger partial charge in [-0.2, -0.15) is 0 Å². The molecule has 0 heterocycles. The fourth-order valence-electron chi connectivity index (χ4n) is 1.21. The smallest absolute Gasteiger partial charge is 0.253 e. The summed E-state index contributed by atoms with van der Waals surface area (Å²) in [7, 11) is 1.74. The lowest BCUT2D eigenvalue weighted by Crippen LogP contribution is -2.28. The van der Waals surface area contributed by atoms with Gasteiger partial charge in [0.05, 0.1) is 0 Å². The maximum absolute atomic E-state index is 11.7. The standard InChI is InChI=1S/C11H15NO2/c1-12(8-5-9-13)11(14)10-6-3-2-4-7-10/h2-4,6-7,13H,5,8-9H2,1H3. The molecule has 0 aliphatic carbocycles. The van der Waals surface area contributed by atoms with Crippen molar-refractivity contribution in [3.8, 4) is 0 Å². The van der Waals surface area contributed by atoms with Gasteiger partial charge in [0.25, 0.3) is 5.91 Å². The summed E-state index contributed by atoms with van der Waals surface area (Å²) in [6, 6.07) is 9.14. The second-order valence-corrected chi connectivity index (χ2v) is 3.17. The Balaban J connectivity index is 2.57. The Bertz CT molecular complexity index is 285. The Kier molecular flexibility index (Phi) is 4.13. The first-order valence-electron chi connectivity index (χ1n) is 4.67. The average molecular weight is 193 g/mol. The lowest BCUT2D eigenvalue weighted by molar-refractivity contribution is 0.0786. The summed E-state index contributed by atoms with van der Waals surface area (Å²) in [6.07, 6.45) is 0.620. The van der Waals surface area contributed by atoms with Crippen molar-refractivity contribution < 1.29 is 9.90 Å². The quantitative estimate of drug-likeness (QED) is 0.779. The number of carbonyl (C=O) groups is 1. The normalized spacial score (nSPS) is 9.86. The van der Waals surface area contributed by atoms with Crippen LogP contribution in [-0.4, -0.2) is 36.1 Å². The SMILES string of the molecule is CN(CCCO)C(=O)c1ccccc1. The van der Waals surface area contributed by atoms with Crippen molar-refractivity contribution in [1.82, 2.24) is 4.90 Å². The monoisotopic (exact) mass is 193 g/mol. The second-order valence-electron chi connectivity index (χ2n) is 3.17. The molecule has 0 saturated carbocycles.